The Morgan fingerprint density at radius 1 is 0.903 bits per heavy atom. The summed E-state index contributed by atoms with van der Waals surface area (Å²) in [5.41, 5.74) is 4.34. The van der Waals surface area contributed by atoms with E-state index >= 15 is 0 Å². The van der Waals surface area contributed by atoms with Crippen molar-refractivity contribution in [1.29, 1.82) is 0 Å². The van der Waals surface area contributed by atoms with Crippen molar-refractivity contribution in [1.82, 2.24) is 31.8 Å². The van der Waals surface area contributed by atoms with Crippen molar-refractivity contribution >= 4 is 0 Å². The van der Waals surface area contributed by atoms with E-state index < -0.39 is 0 Å². The minimum atomic E-state index is 0. The molecule has 7 heteroatoms. The fourth-order valence-electron chi connectivity index (χ4n) is 3.67. The zero-order valence-corrected chi connectivity index (χ0v) is 18.4. The molecule has 4 aromatic rings. The van der Waals surface area contributed by atoms with Crippen LogP contribution in [0.5, 0.6) is 5.75 Å². The summed E-state index contributed by atoms with van der Waals surface area (Å²) in [4.78, 5) is 4.30. The van der Waals surface area contributed by atoms with Crippen molar-refractivity contribution in [3.63, 3.8) is 0 Å². The highest BCUT2D eigenvalue weighted by Gasteiger charge is 2.28. The summed E-state index contributed by atoms with van der Waals surface area (Å²) in [6.45, 7) is 7.22. The first-order chi connectivity index (χ1) is 14.5. The number of rotatable bonds is 6. The highest BCUT2D eigenvalue weighted by atomic mass is 16.5. The lowest BCUT2D eigenvalue weighted by Crippen LogP contribution is -2.19. The number of quaternary nitrogens is 1. The Morgan fingerprint density at radius 2 is 1.58 bits per heavy atom. The number of pyridine rings is 1. The van der Waals surface area contributed by atoms with Crippen molar-refractivity contribution in [3.05, 3.63) is 89.7 Å². The molecule has 0 aliphatic carbocycles. The smallest absolute Gasteiger partial charge is 0.130 e. The van der Waals surface area contributed by atoms with Crippen LogP contribution in [0.1, 0.15) is 43.5 Å². The third kappa shape index (κ3) is 5.32. The van der Waals surface area contributed by atoms with Gasteiger partial charge >= 0.3 is 0 Å². The number of nitrogens with zero attached hydrogens (tertiary/aromatic N) is 5. The van der Waals surface area contributed by atoms with Gasteiger partial charge in [-0.05, 0) is 46.4 Å². The molecule has 0 bridgehead atoms. The molecule has 0 saturated carbocycles. The van der Waals surface area contributed by atoms with Gasteiger partial charge in [0.1, 0.15) is 12.4 Å². The van der Waals surface area contributed by atoms with E-state index in [1.54, 1.807) is 6.20 Å². The molecule has 1 atom stereocenters. The fraction of sp³-hybridized carbons (Fsp3) is 0.250. The molecule has 0 saturated heterocycles. The number of hydrogen-bond donors (Lipinski definition) is 1. The molecule has 7 nitrogen and oxygen atoms in total. The minimum absolute atomic E-state index is 0. The second-order valence-corrected chi connectivity index (χ2v) is 8.30. The molecule has 31 heavy (non-hydrogen) atoms. The van der Waals surface area contributed by atoms with E-state index in [0.29, 0.717) is 12.4 Å². The number of benzene rings is 2. The highest BCUT2D eigenvalue weighted by Crippen LogP contribution is 2.41. The van der Waals surface area contributed by atoms with Crippen molar-refractivity contribution in [2.75, 3.05) is 0 Å². The molecule has 0 aliphatic rings. The lowest BCUT2D eigenvalue weighted by atomic mass is 9.72. The summed E-state index contributed by atoms with van der Waals surface area (Å²) in [6.07, 6.45) is 1.78. The highest BCUT2D eigenvalue weighted by molar-refractivity contribution is 5.55. The molecule has 0 fully saturated rings. The summed E-state index contributed by atoms with van der Waals surface area (Å²) in [5.74, 6) is 1.61. The van der Waals surface area contributed by atoms with Crippen LogP contribution in [0.25, 0.3) is 11.4 Å². The van der Waals surface area contributed by atoms with E-state index in [2.05, 4.69) is 70.6 Å². The topological polar surface area (TPSA) is 111 Å². The minimum Gasteiger partial charge on any atom is -0.487 e. The first-order valence-electron chi connectivity index (χ1n) is 9.92. The van der Waals surface area contributed by atoms with Crippen LogP contribution in [0.2, 0.25) is 0 Å². The Morgan fingerprint density at radius 3 is 2.13 bits per heavy atom. The van der Waals surface area contributed by atoms with Crippen LogP contribution >= 0.6 is 0 Å². The summed E-state index contributed by atoms with van der Waals surface area (Å²) in [5, 5.41) is 15.0. The standard InChI is InChI=1S/C24H24N5O.H3N/c1-24(2,3)22(17-7-9-19(10-8-17)23-26-28-29-27-23)18-11-13-21(14-12-18)30-16-20-6-4-5-15-25-20;/h4-15,22H,16H2,1-3H3;1H3/q-1;/p+1. The van der Waals surface area contributed by atoms with Gasteiger partial charge in [-0.3, -0.25) is 15.3 Å². The van der Waals surface area contributed by atoms with E-state index in [1.807, 2.05) is 42.5 Å². The molecule has 0 radical (unpaired) electrons. The van der Waals surface area contributed by atoms with Crippen LogP contribution in [0.3, 0.4) is 0 Å². The Balaban J connectivity index is 0.00000272. The zero-order valence-electron chi connectivity index (χ0n) is 18.4. The maximum absolute atomic E-state index is 5.89. The number of aromatic nitrogens is 5. The third-order valence-electron chi connectivity index (χ3n) is 5.01. The Bertz CT molecular complexity index is 1060. The van der Waals surface area contributed by atoms with Crippen LogP contribution in [-0.2, 0) is 6.61 Å². The first-order valence-corrected chi connectivity index (χ1v) is 9.92. The molecule has 2 heterocycles. The fourth-order valence-corrected chi connectivity index (χ4v) is 3.67. The van der Waals surface area contributed by atoms with E-state index in [1.165, 1.54) is 11.1 Å². The van der Waals surface area contributed by atoms with Crippen LogP contribution in [0.15, 0.2) is 72.9 Å². The van der Waals surface area contributed by atoms with Crippen LogP contribution < -0.4 is 16.0 Å². The SMILES string of the molecule is CC(C)(C)C(c1ccc(OCc2ccccn2)cc1)c1ccc(-c2nnn[n-]2)cc1.[NH4+]. The molecule has 2 aromatic heterocycles. The Kier molecular flexibility index (Phi) is 6.77. The third-order valence-corrected chi connectivity index (χ3v) is 5.01. The van der Waals surface area contributed by atoms with Gasteiger partial charge in [0.15, 0.2) is 0 Å². The monoisotopic (exact) mass is 416 g/mol. The molecule has 2 aromatic carbocycles. The number of hydrogen-bond acceptors (Lipinski definition) is 5. The van der Waals surface area contributed by atoms with Gasteiger partial charge in [0, 0.05) is 17.9 Å². The first kappa shape index (κ1) is 22.1. The van der Waals surface area contributed by atoms with Crippen LogP contribution in [0.4, 0.5) is 0 Å². The average molecular weight is 417 g/mol. The van der Waals surface area contributed by atoms with Crippen LogP contribution in [-0.4, -0.2) is 20.5 Å². The molecule has 1 unspecified atom stereocenters. The number of tetrazole rings is 1. The molecule has 160 valence electrons. The number of ether oxygens (including phenoxy) is 1. The van der Waals surface area contributed by atoms with Gasteiger partial charge in [0.05, 0.1) is 5.69 Å². The van der Waals surface area contributed by atoms with Gasteiger partial charge < -0.3 is 16.0 Å². The Hall–Kier alpha value is -3.58. The van der Waals surface area contributed by atoms with Gasteiger partial charge in [0.25, 0.3) is 0 Å². The van der Waals surface area contributed by atoms with Gasteiger partial charge in [0.2, 0.25) is 0 Å². The molecule has 4 N–H and O–H groups in total. The van der Waals surface area contributed by atoms with Gasteiger partial charge in [-0.2, -0.15) is 5.21 Å². The predicted molar refractivity (Wildman–Crippen MR) is 121 cm³/mol. The Labute approximate surface area is 182 Å². The second-order valence-electron chi connectivity index (χ2n) is 8.30. The molecule has 0 amide bonds. The average Bonchev–Trinajstić information content (AvgIpc) is 3.29. The largest absolute Gasteiger partial charge is 0.487 e. The molecular weight excluding hydrogens is 388 g/mol. The van der Waals surface area contributed by atoms with Crippen LogP contribution in [0, 0.1) is 5.41 Å². The normalized spacial score (nSPS) is 12.1. The predicted octanol–water partition coefficient (Wildman–Crippen LogP) is 5.02. The summed E-state index contributed by atoms with van der Waals surface area (Å²) >= 11 is 0. The molecule has 0 spiro atoms. The van der Waals surface area contributed by atoms with Crippen molar-refractivity contribution in [3.8, 4) is 17.1 Å². The van der Waals surface area contributed by atoms with Gasteiger partial charge in [-0.25, -0.2) is 0 Å². The van der Waals surface area contributed by atoms with E-state index in [9.17, 15) is 0 Å². The maximum atomic E-state index is 5.89. The van der Waals surface area contributed by atoms with Crippen molar-refractivity contribution in [2.24, 2.45) is 5.41 Å². The van der Waals surface area contributed by atoms with Crippen molar-refractivity contribution < 1.29 is 4.74 Å². The summed E-state index contributed by atoms with van der Waals surface area (Å²) in [6, 6.07) is 22.5. The lowest BCUT2D eigenvalue weighted by Gasteiger charge is -2.32. The summed E-state index contributed by atoms with van der Waals surface area (Å²) in [7, 11) is 0. The molecule has 0 aliphatic heterocycles. The zero-order chi connectivity index (χ0) is 21.0. The molecule has 4 rings (SSSR count). The molecular formula is C24H28N6O. The van der Waals surface area contributed by atoms with E-state index in [4.69, 9.17) is 4.74 Å². The van der Waals surface area contributed by atoms with E-state index in [-0.39, 0.29) is 17.5 Å². The second kappa shape index (κ2) is 9.49. The summed E-state index contributed by atoms with van der Waals surface area (Å²) < 4.78 is 5.89. The quantitative estimate of drug-likeness (QED) is 0.472. The van der Waals surface area contributed by atoms with E-state index in [0.717, 1.165) is 17.0 Å². The lowest BCUT2D eigenvalue weighted by molar-refractivity contribution is 0.301. The van der Waals surface area contributed by atoms with Gasteiger partial charge in [-0.15, -0.1) is 0 Å². The van der Waals surface area contributed by atoms with Crippen molar-refractivity contribution in [2.45, 2.75) is 33.3 Å². The van der Waals surface area contributed by atoms with Gasteiger partial charge in [-0.1, -0.05) is 63.2 Å². The maximum Gasteiger partial charge on any atom is 0.130 e.